The van der Waals surface area contributed by atoms with Crippen molar-refractivity contribution in [3.8, 4) is 0 Å². The van der Waals surface area contributed by atoms with Crippen LogP contribution >= 0.6 is 0 Å². The summed E-state index contributed by atoms with van der Waals surface area (Å²) in [6, 6.07) is 0. The van der Waals surface area contributed by atoms with Crippen molar-refractivity contribution >= 4 is 0 Å². The van der Waals surface area contributed by atoms with Crippen LogP contribution in [0, 0.1) is 36.6 Å². The third-order valence-corrected chi connectivity index (χ3v) is 1.39. The summed E-state index contributed by atoms with van der Waals surface area (Å²) in [5.41, 5.74) is 0. The van der Waals surface area contributed by atoms with Crippen LogP contribution in [-0.2, 0) is 4.47 Å². The molecule has 0 amide bonds. The van der Waals surface area contributed by atoms with Crippen molar-refractivity contribution in [1.29, 1.82) is 0 Å². The molecule has 0 aromatic carbocycles. The Morgan fingerprint density at radius 3 is 1.67 bits per heavy atom. The van der Waals surface area contributed by atoms with Gasteiger partial charge in [0.15, 0.2) is 0 Å². The fraction of sp³-hybridized carbons (Fsp3) is 0. The maximum absolute atomic E-state index is 9.20. The molecule has 0 atom stereocenters. The van der Waals surface area contributed by atoms with Gasteiger partial charge in [-0.1, -0.05) is 0 Å². The molecule has 0 heterocycles. The molecule has 0 aromatic rings. The first-order chi connectivity index (χ1) is 2.64. The van der Waals surface area contributed by atoms with Crippen molar-refractivity contribution < 1.29 is 33.2 Å². The summed E-state index contributed by atoms with van der Waals surface area (Å²) in [6.07, 6.45) is 0. The second-order valence-corrected chi connectivity index (χ2v) is 4.26. The van der Waals surface area contributed by atoms with Gasteiger partial charge in [-0.3, -0.25) is 0 Å². The minimum absolute atomic E-state index is 1.22. The summed E-state index contributed by atoms with van der Waals surface area (Å²) in [5, 5.41) is 8.98. The summed E-state index contributed by atoms with van der Waals surface area (Å²) in [6.45, 7) is 0. The van der Waals surface area contributed by atoms with Gasteiger partial charge in [0.1, 0.15) is 0 Å². The van der Waals surface area contributed by atoms with E-state index in [4.69, 9.17) is 10.1 Å². The van der Waals surface area contributed by atoms with Crippen LogP contribution in [-0.4, -0.2) is 2.26 Å². The summed E-state index contributed by atoms with van der Waals surface area (Å²) in [7, 11) is 0. The van der Waals surface area contributed by atoms with Crippen molar-refractivity contribution in [2.24, 2.45) is 0 Å². The zero-order valence-corrected chi connectivity index (χ0v) is 6.74. The number of nitro groups is 1. The molecule has 0 N–H and O–H groups in total. The average Bonchev–Trinajstić information content (AvgIpc) is 1.36. The van der Waals surface area contributed by atoms with Crippen molar-refractivity contribution in [3.05, 3.63) is 10.1 Å². The van der Waals surface area contributed by atoms with Crippen molar-refractivity contribution in [2.45, 2.75) is 0 Å². The predicted octanol–water partition coefficient (Wildman–Crippen LogP) is -0.510. The Balaban J connectivity index is 3.94. The molecule has 0 saturated heterocycles. The van der Waals surface area contributed by atoms with Gasteiger partial charge in [0.2, 0.25) is 0 Å². The van der Waals surface area contributed by atoms with E-state index in [0.29, 0.717) is 0 Å². The van der Waals surface area contributed by atoms with Crippen LogP contribution < -0.4 is 0 Å². The first-order valence-electron chi connectivity index (χ1n) is 0.997. The van der Waals surface area contributed by atoms with E-state index in [2.05, 4.69) is 0 Å². The summed E-state index contributed by atoms with van der Waals surface area (Å²) in [4.78, 5) is 8.98. The molecule has 5 nitrogen and oxygen atoms in total. The van der Waals surface area contributed by atoms with Crippen molar-refractivity contribution in [2.75, 3.05) is 0 Å². The zero-order valence-electron chi connectivity index (χ0n) is 2.58. The van der Waals surface area contributed by atoms with Crippen LogP contribution in [0.5, 0.6) is 0 Å². The number of rotatable bonds is 1. The Labute approximate surface area is 43.4 Å². The van der Waals surface area contributed by atoms with E-state index in [1.165, 1.54) is 0 Å². The van der Waals surface area contributed by atoms with Gasteiger partial charge in [0.25, 0.3) is 0 Å². The third kappa shape index (κ3) is 2.30. The van der Waals surface area contributed by atoms with Crippen LogP contribution in [0.15, 0.2) is 0 Å². The standard InChI is InChI=1S/NO2.2O.U/c2-1-3;;;. The van der Waals surface area contributed by atoms with E-state index < -0.39 is 28.7 Å². The molecule has 0 aliphatic carbocycles. The number of hydrogen-bond acceptors (Lipinski definition) is 4. The van der Waals surface area contributed by atoms with E-state index >= 15 is 0 Å². The second-order valence-electron chi connectivity index (χ2n) is 0.523. The first-order valence-corrected chi connectivity index (χ1v) is 6.26. The molecule has 0 aromatic heterocycles. The molecule has 0 aliphatic rings. The molecule has 0 rings (SSSR count). The van der Waals surface area contributed by atoms with Crippen LogP contribution in [0.1, 0.15) is 0 Å². The van der Waals surface area contributed by atoms with Crippen LogP contribution in [0.2, 0.25) is 0 Å². The van der Waals surface area contributed by atoms with Crippen LogP contribution in [0.25, 0.3) is 0 Å². The van der Waals surface area contributed by atoms with Gasteiger partial charge in [-0.25, -0.2) is 0 Å². The van der Waals surface area contributed by atoms with Gasteiger partial charge in [-0.15, -0.1) is 0 Å². The summed E-state index contributed by atoms with van der Waals surface area (Å²) >= 11 is -4.68. The first kappa shape index (κ1) is 6.05. The Bertz CT molecular complexity index is 114. The Morgan fingerprint density at radius 2 is 1.67 bits per heavy atom. The molecule has 6 heteroatoms. The SMILES string of the molecule is O=[N+]([O-])[U](=[O])=[O]. The fourth-order valence-corrected chi connectivity index (χ4v) is 0. The second kappa shape index (κ2) is 2.26. The molecule has 0 aliphatic heterocycles. The molecule has 0 fully saturated rings. The van der Waals surface area contributed by atoms with Crippen LogP contribution in [0.3, 0.4) is 0 Å². The fourth-order valence-electron chi connectivity index (χ4n) is 0. The molecular formula is NO4U. The van der Waals surface area contributed by atoms with Crippen LogP contribution in [0.4, 0.5) is 0 Å². The van der Waals surface area contributed by atoms with E-state index in [1.807, 2.05) is 0 Å². The molecule has 0 radical (unpaired) electrons. The van der Waals surface area contributed by atoms with Crippen molar-refractivity contribution in [1.82, 2.24) is 0 Å². The van der Waals surface area contributed by atoms with Crippen molar-refractivity contribution in [3.63, 3.8) is 0 Å². The Morgan fingerprint density at radius 1 is 1.50 bits per heavy atom. The molecule has 0 saturated carbocycles. The predicted molar refractivity (Wildman–Crippen MR) is 8.37 cm³/mol. The normalized spacial score (nSPS) is 7.33. The van der Waals surface area contributed by atoms with Gasteiger partial charge < -0.3 is 0 Å². The van der Waals surface area contributed by atoms with E-state index in [0.717, 1.165) is 0 Å². The topological polar surface area (TPSA) is 77.3 Å². The molecule has 0 bridgehead atoms. The molecule has 33 valence electrons. The van der Waals surface area contributed by atoms with E-state index in [9.17, 15) is 4.47 Å². The number of nitrogens with zero attached hydrogens (tertiary/aromatic N) is 1. The van der Waals surface area contributed by atoms with E-state index in [-0.39, 0.29) is 0 Å². The van der Waals surface area contributed by atoms with E-state index in [1.54, 1.807) is 0 Å². The van der Waals surface area contributed by atoms with Gasteiger partial charge in [-0.2, -0.15) is 0 Å². The summed E-state index contributed by atoms with van der Waals surface area (Å²) in [5.74, 6) is 0. The van der Waals surface area contributed by atoms with Gasteiger partial charge in [-0.05, 0) is 0 Å². The van der Waals surface area contributed by atoms with Gasteiger partial charge in [0.05, 0.1) is 0 Å². The number of hydrogen-bond donors (Lipinski definition) is 0. The zero-order chi connectivity index (χ0) is 5.15. The van der Waals surface area contributed by atoms with Gasteiger partial charge in [0, 0.05) is 0 Å². The molecule has 6 heavy (non-hydrogen) atoms. The molecule has 0 unspecified atom stereocenters. The third-order valence-electron chi connectivity index (χ3n) is 0.149. The minimum atomic E-state index is -4.68. The van der Waals surface area contributed by atoms with Gasteiger partial charge >= 0.3 is 43.3 Å². The monoisotopic (exact) mass is 316 g/mol. The summed E-state index contributed by atoms with van der Waals surface area (Å²) < 4.78 is 17.2. The average molecular weight is 316 g/mol. The quantitative estimate of drug-likeness (QED) is 0.482. The maximum atomic E-state index is 9.20. The Hall–Kier alpha value is 0.0519. The molecular weight excluding hydrogens is 316 g/mol. The molecule has 0 spiro atoms. The Kier molecular flexibility index (Phi) is 2.28.